The standard InChI is InChI=1S/C22H21BrN2O4S/c1-14-7-9-16-18(24-14)5-3-6-20(16)30(27,28)25-21(26)22(11-4-12-22)17-13-15(23)8-10-19(17)29-2/h3,5-10,13H,4,11-12H2,1-2H3,(H,25,26). The number of carbonyl (C=O) groups excluding carboxylic acids is 1. The highest BCUT2D eigenvalue weighted by atomic mass is 79.9. The maximum atomic E-state index is 13.3. The van der Waals surface area contributed by atoms with Crippen LogP contribution in [0.3, 0.4) is 0 Å². The number of nitrogens with zero attached hydrogens (tertiary/aromatic N) is 1. The summed E-state index contributed by atoms with van der Waals surface area (Å²) >= 11 is 3.44. The minimum atomic E-state index is -4.09. The van der Waals surface area contributed by atoms with Gasteiger partial charge in [0.25, 0.3) is 10.0 Å². The van der Waals surface area contributed by atoms with E-state index in [1.54, 1.807) is 37.4 Å². The van der Waals surface area contributed by atoms with Gasteiger partial charge < -0.3 is 4.74 Å². The smallest absolute Gasteiger partial charge is 0.264 e. The minimum absolute atomic E-state index is 0.0385. The van der Waals surface area contributed by atoms with Gasteiger partial charge in [-0.3, -0.25) is 9.78 Å². The highest BCUT2D eigenvalue weighted by Gasteiger charge is 2.48. The largest absolute Gasteiger partial charge is 0.496 e. The molecule has 4 rings (SSSR count). The highest BCUT2D eigenvalue weighted by molar-refractivity contribution is 9.10. The summed E-state index contributed by atoms with van der Waals surface area (Å²) in [6, 6.07) is 13.8. The molecule has 3 aromatic rings. The van der Waals surface area contributed by atoms with Crippen molar-refractivity contribution in [3.63, 3.8) is 0 Å². The van der Waals surface area contributed by atoms with Gasteiger partial charge in [-0.05, 0) is 62.2 Å². The van der Waals surface area contributed by atoms with Crippen molar-refractivity contribution in [1.82, 2.24) is 9.71 Å². The van der Waals surface area contributed by atoms with Crippen molar-refractivity contribution in [3.8, 4) is 5.75 Å². The van der Waals surface area contributed by atoms with E-state index in [-0.39, 0.29) is 4.90 Å². The SMILES string of the molecule is COc1ccc(Br)cc1C1(C(=O)NS(=O)(=O)c2cccc3nc(C)ccc23)CCC1. The predicted octanol–water partition coefficient (Wildman–Crippen LogP) is 4.24. The van der Waals surface area contributed by atoms with Gasteiger partial charge in [0.15, 0.2) is 0 Å². The van der Waals surface area contributed by atoms with Crippen molar-refractivity contribution >= 4 is 42.8 Å². The van der Waals surface area contributed by atoms with Crippen LogP contribution in [0.25, 0.3) is 10.9 Å². The highest BCUT2D eigenvalue weighted by Crippen LogP contribution is 2.48. The zero-order valence-corrected chi connectivity index (χ0v) is 19.0. The fraction of sp³-hybridized carbons (Fsp3) is 0.273. The molecule has 1 fully saturated rings. The van der Waals surface area contributed by atoms with Crippen LogP contribution < -0.4 is 9.46 Å². The number of carbonyl (C=O) groups is 1. The molecule has 1 aromatic heterocycles. The maximum absolute atomic E-state index is 13.3. The number of hydrogen-bond acceptors (Lipinski definition) is 5. The van der Waals surface area contributed by atoms with Crippen LogP contribution in [-0.2, 0) is 20.2 Å². The Bertz CT molecular complexity index is 1250. The van der Waals surface area contributed by atoms with Gasteiger partial charge in [0.05, 0.1) is 22.9 Å². The molecule has 0 unspecified atom stereocenters. The zero-order chi connectivity index (χ0) is 21.5. The Hall–Kier alpha value is -2.45. The van der Waals surface area contributed by atoms with Crippen LogP contribution >= 0.6 is 15.9 Å². The molecule has 0 radical (unpaired) electrons. The van der Waals surface area contributed by atoms with Crippen LogP contribution in [0.15, 0.2) is 57.9 Å². The normalized spacial score (nSPS) is 15.4. The molecule has 1 heterocycles. The summed E-state index contributed by atoms with van der Waals surface area (Å²) in [5.41, 5.74) is 1.10. The van der Waals surface area contributed by atoms with Crippen molar-refractivity contribution in [2.75, 3.05) is 7.11 Å². The number of ether oxygens (including phenoxy) is 1. The number of aromatic nitrogens is 1. The molecule has 2 aromatic carbocycles. The van der Waals surface area contributed by atoms with E-state index in [4.69, 9.17) is 4.74 Å². The monoisotopic (exact) mass is 488 g/mol. The average Bonchev–Trinajstić information content (AvgIpc) is 2.66. The van der Waals surface area contributed by atoms with Crippen molar-refractivity contribution in [1.29, 1.82) is 0 Å². The fourth-order valence-electron chi connectivity index (χ4n) is 3.94. The first-order valence-corrected chi connectivity index (χ1v) is 11.8. The molecule has 6 nitrogen and oxygen atoms in total. The maximum Gasteiger partial charge on any atom is 0.264 e. The Morgan fingerprint density at radius 2 is 1.93 bits per heavy atom. The molecule has 8 heteroatoms. The Morgan fingerprint density at radius 3 is 2.60 bits per heavy atom. The lowest BCUT2D eigenvalue weighted by Crippen LogP contribution is -2.51. The van der Waals surface area contributed by atoms with E-state index >= 15 is 0 Å². The van der Waals surface area contributed by atoms with Gasteiger partial charge in [0.1, 0.15) is 5.75 Å². The summed E-state index contributed by atoms with van der Waals surface area (Å²) in [6.07, 6.45) is 1.94. The lowest BCUT2D eigenvalue weighted by molar-refractivity contribution is -0.128. The first kappa shape index (κ1) is 20.8. The van der Waals surface area contributed by atoms with E-state index in [1.807, 2.05) is 19.1 Å². The molecular formula is C22H21BrN2O4S. The third-order valence-corrected chi connectivity index (χ3v) is 7.55. The number of amides is 1. The number of aryl methyl sites for hydroxylation is 1. The number of nitrogens with one attached hydrogen (secondary N) is 1. The molecule has 0 aliphatic heterocycles. The van der Waals surface area contributed by atoms with Gasteiger partial charge in [-0.2, -0.15) is 0 Å². The van der Waals surface area contributed by atoms with Gasteiger partial charge in [-0.15, -0.1) is 0 Å². The molecule has 1 amide bonds. The molecule has 1 aliphatic carbocycles. The van der Waals surface area contributed by atoms with E-state index < -0.39 is 21.3 Å². The number of halogens is 1. The van der Waals surface area contributed by atoms with Crippen LogP contribution in [0, 0.1) is 6.92 Å². The molecule has 156 valence electrons. The minimum Gasteiger partial charge on any atom is -0.496 e. The number of benzene rings is 2. The second kappa shape index (κ2) is 7.67. The second-order valence-electron chi connectivity index (χ2n) is 7.49. The quantitative estimate of drug-likeness (QED) is 0.580. The topological polar surface area (TPSA) is 85.4 Å². The molecule has 1 saturated carbocycles. The third-order valence-electron chi connectivity index (χ3n) is 5.67. The van der Waals surface area contributed by atoms with Gasteiger partial charge in [-0.25, -0.2) is 13.1 Å². The van der Waals surface area contributed by atoms with Gasteiger partial charge in [0.2, 0.25) is 5.91 Å². The second-order valence-corrected chi connectivity index (χ2v) is 10.1. The van der Waals surface area contributed by atoms with Crippen molar-refractivity contribution in [2.24, 2.45) is 0 Å². The summed E-state index contributed by atoms with van der Waals surface area (Å²) in [5, 5.41) is 0.478. The van der Waals surface area contributed by atoms with Gasteiger partial charge in [0, 0.05) is 21.1 Å². The van der Waals surface area contributed by atoms with Crippen LogP contribution in [-0.4, -0.2) is 26.4 Å². The summed E-state index contributed by atoms with van der Waals surface area (Å²) in [4.78, 5) is 17.8. The van der Waals surface area contributed by atoms with Gasteiger partial charge >= 0.3 is 0 Å². The number of pyridine rings is 1. The Balaban J connectivity index is 1.74. The molecule has 0 bridgehead atoms. The predicted molar refractivity (Wildman–Crippen MR) is 118 cm³/mol. The summed E-state index contributed by atoms with van der Waals surface area (Å²) in [5.74, 6) is 0.0255. The number of sulfonamides is 1. The first-order chi connectivity index (χ1) is 14.3. The van der Waals surface area contributed by atoms with Crippen LogP contribution in [0.4, 0.5) is 0 Å². The molecule has 0 saturated heterocycles. The van der Waals surface area contributed by atoms with E-state index in [9.17, 15) is 13.2 Å². The van der Waals surface area contributed by atoms with E-state index in [0.717, 1.165) is 16.6 Å². The van der Waals surface area contributed by atoms with E-state index in [1.165, 1.54) is 6.07 Å². The summed E-state index contributed by atoms with van der Waals surface area (Å²) in [6.45, 7) is 1.84. The molecule has 1 aliphatic rings. The molecular weight excluding hydrogens is 468 g/mol. The zero-order valence-electron chi connectivity index (χ0n) is 16.6. The van der Waals surface area contributed by atoms with Gasteiger partial charge in [-0.1, -0.05) is 28.4 Å². The number of methoxy groups -OCH3 is 1. The first-order valence-electron chi connectivity index (χ1n) is 9.54. The molecule has 1 N–H and O–H groups in total. The van der Waals surface area contributed by atoms with Crippen LogP contribution in [0.1, 0.15) is 30.5 Å². The molecule has 0 atom stereocenters. The number of rotatable bonds is 5. The number of hydrogen-bond donors (Lipinski definition) is 1. The fourth-order valence-corrected chi connectivity index (χ4v) is 5.57. The van der Waals surface area contributed by atoms with E-state index in [0.29, 0.717) is 35.1 Å². The summed E-state index contributed by atoms with van der Waals surface area (Å²) in [7, 11) is -2.55. The Labute approximate surface area is 183 Å². The van der Waals surface area contributed by atoms with Crippen molar-refractivity contribution in [2.45, 2.75) is 36.5 Å². The Morgan fingerprint density at radius 1 is 1.17 bits per heavy atom. The van der Waals surface area contributed by atoms with Crippen LogP contribution in [0.2, 0.25) is 0 Å². The van der Waals surface area contributed by atoms with Crippen molar-refractivity contribution < 1.29 is 17.9 Å². The lowest BCUT2D eigenvalue weighted by Gasteiger charge is -2.41. The Kier molecular flexibility index (Phi) is 5.32. The average molecular weight is 489 g/mol. The lowest BCUT2D eigenvalue weighted by atomic mass is 9.63. The van der Waals surface area contributed by atoms with Crippen LogP contribution in [0.5, 0.6) is 5.75 Å². The number of fused-ring (bicyclic) bond motifs is 1. The van der Waals surface area contributed by atoms with Crippen molar-refractivity contribution in [3.05, 3.63) is 64.3 Å². The summed E-state index contributed by atoms with van der Waals surface area (Å²) < 4.78 is 34.9. The van der Waals surface area contributed by atoms with E-state index in [2.05, 4.69) is 25.6 Å². The molecule has 0 spiro atoms. The molecule has 30 heavy (non-hydrogen) atoms. The third kappa shape index (κ3) is 3.48.